The van der Waals surface area contributed by atoms with Gasteiger partial charge in [-0.1, -0.05) is 0 Å². The fourth-order valence-electron chi connectivity index (χ4n) is 3.93. The molecule has 8 nitrogen and oxygen atoms in total. The molecule has 1 heterocycles. The van der Waals surface area contributed by atoms with E-state index < -0.39 is 36.3 Å². The number of fused-ring (bicyclic) bond motifs is 1. The van der Waals surface area contributed by atoms with E-state index in [4.69, 9.17) is 31.5 Å². The first kappa shape index (κ1) is 24.5. The summed E-state index contributed by atoms with van der Waals surface area (Å²) in [6.07, 6.45) is 1.18. The van der Waals surface area contributed by atoms with E-state index in [9.17, 15) is 18.0 Å². The number of amides is 2. The van der Waals surface area contributed by atoms with Gasteiger partial charge in [0.1, 0.15) is 41.4 Å². The van der Waals surface area contributed by atoms with Crippen molar-refractivity contribution in [2.75, 3.05) is 20.3 Å². The van der Waals surface area contributed by atoms with Crippen LogP contribution in [0.2, 0.25) is 0 Å². The molecule has 3 N–H and O–H groups in total. The highest BCUT2D eigenvalue weighted by molar-refractivity contribution is 6.23. The highest BCUT2D eigenvalue weighted by Crippen LogP contribution is 2.38. The summed E-state index contributed by atoms with van der Waals surface area (Å²) in [6, 6.07) is -1.24. The minimum atomic E-state index is -2.69. The number of ether oxygens (including phenoxy) is 3. The monoisotopic (exact) mass is 480 g/mol. The van der Waals surface area contributed by atoms with Gasteiger partial charge in [-0.3, -0.25) is 0 Å². The van der Waals surface area contributed by atoms with Crippen molar-refractivity contribution in [3.63, 3.8) is 0 Å². The van der Waals surface area contributed by atoms with Crippen LogP contribution in [-0.4, -0.2) is 73.3 Å². The van der Waals surface area contributed by atoms with Gasteiger partial charge < -0.3 is 30.2 Å². The topological polar surface area (TPSA) is 98.4 Å². The number of nitrogens with two attached hydrogens (primary N) is 1. The Morgan fingerprint density at radius 3 is 2.59 bits per heavy atom. The summed E-state index contributed by atoms with van der Waals surface area (Å²) in [4.78, 5) is 16.7. The molecule has 180 valence electrons. The predicted octanol–water partition coefficient (Wildman–Crippen LogP) is 3.03. The maximum Gasteiger partial charge on any atom is 0.312 e. The third-order valence-corrected chi connectivity index (χ3v) is 5.97. The van der Waals surface area contributed by atoms with Gasteiger partial charge in [-0.2, -0.15) is 4.99 Å². The number of alkyl halides is 3. The second kappa shape index (κ2) is 10.7. The third-order valence-electron chi connectivity index (χ3n) is 5.52. The van der Waals surface area contributed by atoms with Crippen LogP contribution < -0.4 is 11.1 Å². The maximum atomic E-state index is 14.5. The molecular formula is C20H28ClF3N4O4. The van der Waals surface area contributed by atoms with Gasteiger partial charge in [0.05, 0.1) is 18.8 Å². The minimum Gasteiger partial charge on any atom is -0.490 e. The Morgan fingerprint density at radius 1 is 1.31 bits per heavy atom. The zero-order valence-corrected chi connectivity index (χ0v) is 18.7. The van der Waals surface area contributed by atoms with Crippen molar-refractivity contribution in [2.24, 2.45) is 10.7 Å². The molecule has 3 atom stereocenters. The first-order valence-electron chi connectivity index (χ1n) is 10.5. The number of urea groups is 1. The van der Waals surface area contributed by atoms with Crippen LogP contribution >= 0.6 is 11.6 Å². The van der Waals surface area contributed by atoms with Crippen LogP contribution in [0.25, 0.3) is 0 Å². The smallest absolute Gasteiger partial charge is 0.312 e. The molecule has 1 aliphatic heterocycles. The lowest BCUT2D eigenvalue weighted by molar-refractivity contribution is -0.00873. The zero-order valence-electron chi connectivity index (χ0n) is 17.9. The number of likely N-dealkylation sites (N-methyl/N-ethyl adjacent to an activating group) is 1. The Kier molecular flexibility index (Phi) is 8.16. The van der Waals surface area contributed by atoms with Gasteiger partial charge >= 0.3 is 6.03 Å². The SMILES string of the molecule is C[C@@H](COC1CCC(OC2=NC3=C(F)C=C(OCC(F)F)C(Cl)C3N2C)CC1)NC(N)=O. The molecular weight excluding hydrogens is 453 g/mol. The van der Waals surface area contributed by atoms with Crippen LogP contribution in [0.1, 0.15) is 32.6 Å². The Balaban J connectivity index is 1.52. The quantitative estimate of drug-likeness (QED) is 0.520. The summed E-state index contributed by atoms with van der Waals surface area (Å²) >= 11 is 6.39. The number of nitrogens with zero attached hydrogens (tertiary/aromatic N) is 2. The third kappa shape index (κ3) is 6.00. The van der Waals surface area contributed by atoms with Gasteiger partial charge in [-0.25, -0.2) is 18.0 Å². The van der Waals surface area contributed by atoms with E-state index in [-0.39, 0.29) is 35.7 Å². The molecule has 2 unspecified atom stereocenters. The zero-order chi connectivity index (χ0) is 23.4. The molecule has 0 aromatic carbocycles. The van der Waals surface area contributed by atoms with Crippen LogP contribution in [0.15, 0.2) is 28.4 Å². The molecule has 32 heavy (non-hydrogen) atoms. The van der Waals surface area contributed by atoms with E-state index >= 15 is 0 Å². The average Bonchev–Trinajstić information content (AvgIpc) is 3.05. The summed E-state index contributed by atoms with van der Waals surface area (Å²) in [5, 5.41) is 1.69. The van der Waals surface area contributed by atoms with Crippen LogP contribution in [-0.2, 0) is 14.2 Å². The highest BCUT2D eigenvalue weighted by atomic mass is 35.5. The molecule has 0 aromatic rings. The van der Waals surface area contributed by atoms with E-state index in [1.54, 1.807) is 11.9 Å². The number of halogens is 4. The number of hydrogen-bond acceptors (Lipinski definition) is 6. The van der Waals surface area contributed by atoms with E-state index in [2.05, 4.69) is 10.3 Å². The van der Waals surface area contributed by atoms with Gasteiger partial charge in [0.2, 0.25) is 0 Å². The Morgan fingerprint density at radius 2 is 1.97 bits per heavy atom. The maximum absolute atomic E-state index is 14.5. The predicted molar refractivity (Wildman–Crippen MR) is 112 cm³/mol. The van der Waals surface area contributed by atoms with E-state index in [0.29, 0.717) is 19.4 Å². The number of amidine groups is 1. The number of allylic oxidation sites excluding steroid dienone is 2. The van der Waals surface area contributed by atoms with Gasteiger partial charge in [0.25, 0.3) is 12.4 Å². The summed E-state index contributed by atoms with van der Waals surface area (Å²) in [6.45, 7) is 1.31. The van der Waals surface area contributed by atoms with Gasteiger partial charge in [-0.15, -0.1) is 11.6 Å². The fourth-order valence-corrected chi connectivity index (χ4v) is 4.35. The normalized spacial score (nSPS) is 28.8. The summed E-state index contributed by atoms with van der Waals surface area (Å²) in [5.74, 6) is -0.739. The van der Waals surface area contributed by atoms with Crippen LogP contribution in [0, 0.1) is 0 Å². The number of carbonyl (C=O) groups excluding carboxylic acids is 1. The van der Waals surface area contributed by atoms with Crippen LogP contribution in [0.3, 0.4) is 0 Å². The second-order valence-electron chi connectivity index (χ2n) is 8.09. The molecule has 0 radical (unpaired) electrons. The first-order valence-corrected chi connectivity index (χ1v) is 10.9. The van der Waals surface area contributed by atoms with Crippen LogP contribution in [0.4, 0.5) is 18.0 Å². The van der Waals surface area contributed by atoms with E-state index in [1.807, 2.05) is 6.92 Å². The van der Waals surface area contributed by atoms with E-state index in [1.165, 1.54) is 0 Å². The molecule has 1 saturated carbocycles. The van der Waals surface area contributed by atoms with Crippen molar-refractivity contribution in [2.45, 2.75) is 68.7 Å². The van der Waals surface area contributed by atoms with Crippen molar-refractivity contribution < 1.29 is 32.2 Å². The summed E-state index contributed by atoms with van der Waals surface area (Å²) in [5.41, 5.74) is 5.19. The number of hydrogen-bond donors (Lipinski definition) is 2. The standard InChI is InChI=1S/C20H28ClF3N4O4/c1-10(26-19(25)29)8-30-11-3-5-12(6-4-11)32-20-27-17-13(22)7-14(31-9-15(23)24)16(21)18(17)28(20)2/h7,10-12,15-16,18H,3-6,8-9H2,1-2H3,(H3,25,26,29)/t10-,11?,12?,16?,18?/m0/s1. The highest BCUT2D eigenvalue weighted by Gasteiger charge is 2.44. The molecule has 2 amide bonds. The lowest BCUT2D eigenvalue weighted by atomic mass is 9.95. The number of rotatable bonds is 8. The van der Waals surface area contributed by atoms with E-state index in [0.717, 1.165) is 18.9 Å². The number of aliphatic imine (C=N–C) groups is 1. The molecule has 0 aromatic heterocycles. The molecule has 3 aliphatic rings. The van der Waals surface area contributed by atoms with Crippen molar-refractivity contribution in [3.8, 4) is 0 Å². The molecule has 0 bridgehead atoms. The van der Waals surface area contributed by atoms with Crippen molar-refractivity contribution >= 4 is 23.7 Å². The Hall–Kier alpha value is -2.14. The summed E-state index contributed by atoms with van der Waals surface area (Å²) in [7, 11) is 1.66. The van der Waals surface area contributed by atoms with Gasteiger partial charge in [-0.05, 0) is 32.6 Å². The first-order chi connectivity index (χ1) is 15.2. The molecule has 12 heteroatoms. The molecule has 1 fully saturated rings. The van der Waals surface area contributed by atoms with Crippen molar-refractivity contribution in [1.82, 2.24) is 10.2 Å². The number of primary amides is 1. The largest absolute Gasteiger partial charge is 0.490 e. The lowest BCUT2D eigenvalue weighted by Crippen LogP contribution is -2.43. The van der Waals surface area contributed by atoms with Crippen molar-refractivity contribution in [1.29, 1.82) is 0 Å². The Labute approximate surface area is 189 Å². The Bertz CT molecular complexity index is 787. The van der Waals surface area contributed by atoms with Gasteiger partial charge in [0.15, 0.2) is 0 Å². The van der Waals surface area contributed by atoms with Gasteiger partial charge in [0, 0.05) is 13.1 Å². The molecule has 2 aliphatic carbocycles. The molecule has 3 rings (SSSR count). The lowest BCUT2D eigenvalue weighted by Gasteiger charge is -2.33. The molecule has 0 saturated heterocycles. The minimum absolute atomic E-state index is 0.0453. The number of nitrogens with one attached hydrogen (secondary N) is 1. The summed E-state index contributed by atoms with van der Waals surface area (Å²) < 4.78 is 56.3. The van der Waals surface area contributed by atoms with Crippen LogP contribution in [0.5, 0.6) is 0 Å². The second-order valence-corrected chi connectivity index (χ2v) is 8.56. The van der Waals surface area contributed by atoms with Crippen molar-refractivity contribution in [3.05, 3.63) is 23.4 Å². The fraction of sp³-hybridized carbons (Fsp3) is 0.700. The number of carbonyl (C=O) groups is 1. The molecule has 0 spiro atoms. The average molecular weight is 481 g/mol.